The second kappa shape index (κ2) is 4.06. The van der Waals surface area contributed by atoms with Gasteiger partial charge in [-0.05, 0) is 25.5 Å². The first-order valence-electron chi connectivity index (χ1n) is 5.14. The van der Waals surface area contributed by atoms with Crippen LogP contribution in [-0.4, -0.2) is 11.0 Å². The van der Waals surface area contributed by atoms with Crippen LogP contribution in [0.3, 0.4) is 0 Å². The minimum absolute atomic E-state index is 0.0906. The van der Waals surface area contributed by atoms with E-state index in [1.54, 1.807) is 18.2 Å². The predicted octanol–water partition coefficient (Wildman–Crippen LogP) is 1.56. The van der Waals surface area contributed by atoms with Crippen LogP contribution >= 0.6 is 0 Å². The Labute approximate surface area is 92.1 Å². The summed E-state index contributed by atoms with van der Waals surface area (Å²) in [5, 5.41) is 0.690. The zero-order valence-electron chi connectivity index (χ0n) is 8.96. The number of aromatic nitrogens is 1. The molecule has 2 rings (SSSR count). The number of nitrogens with one attached hydrogen (secondary N) is 1. The highest BCUT2D eigenvalue weighted by atomic mass is 19.1. The molecule has 16 heavy (non-hydrogen) atoms. The molecule has 3 nitrogen and oxygen atoms in total. The molecule has 1 heterocycles. The van der Waals surface area contributed by atoms with Crippen molar-refractivity contribution in [2.45, 2.75) is 19.4 Å². The summed E-state index contributed by atoms with van der Waals surface area (Å²) in [7, 11) is 0. The van der Waals surface area contributed by atoms with Crippen molar-refractivity contribution < 1.29 is 4.39 Å². The number of H-pyrrole nitrogens is 1. The van der Waals surface area contributed by atoms with E-state index in [-0.39, 0.29) is 17.1 Å². The largest absolute Gasteiger partial charge is 0.328 e. The molecule has 1 aromatic carbocycles. The van der Waals surface area contributed by atoms with Gasteiger partial charge < -0.3 is 10.7 Å². The minimum atomic E-state index is -0.415. The van der Waals surface area contributed by atoms with E-state index >= 15 is 0 Å². The van der Waals surface area contributed by atoms with Crippen molar-refractivity contribution >= 4 is 10.9 Å². The van der Waals surface area contributed by atoms with Crippen molar-refractivity contribution in [3.05, 3.63) is 46.0 Å². The Bertz CT molecular complexity index is 575. The molecule has 0 aliphatic rings. The molecule has 0 bridgehead atoms. The van der Waals surface area contributed by atoms with E-state index in [1.165, 1.54) is 6.07 Å². The summed E-state index contributed by atoms with van der Waals surface area (Å²) in [6, 6.07) is 6.31. The highest BCUT2D eigenvalue weighted by molar-refractivity contribution is 5.79. The fourth-order valence-electron chi connectivity index (χ4n) is 1.74. The zero-order valence-corrected chi connectivity index (χ0v) is 8.96. The van der Waals surface area contributed by atoms with Crippen molar-refractivity contribution in [1.82, 2.24) is 4.98 Å². The number of benzene rings is 1. The standard InChI is InChI=1S/C12H13FN2O/c1-7(14)5-9-6-8-3-2-4-10(13)11(8)15-12(9)16/h2-4,6-7H,5,14H2,1H3,(H,15,16). The fourth-order valence-corrected chi connectivity index (χ4v) is 1.74. The summed E-state index contributed by atoms with van der Waals surface area (Å²) < 4.78 is 13.4. The van der Waals surface area contributed by atoms with E-state index in [9.17, 15) is 9.18 Å². The van der Waals surface area contributed by atoms with Crippen LogP contribution in [0.1, 0.15) is 12.5 Å². The van der Waals surface area contributed by atoms with Gasteiger partial charge >= 0.3 is 0 Å². The van der Waals surface area contributed by atoms with Crippen LogP contribution < -0.4 is 11.3 Å². The average molecular weight is 220 g/mol. The van der Waals surface area contributed by atoms with E-state index in [1.807, 2.05) is 6.92 Å². The Kier molecular flexibility index (Phi) is 2.75. The lowest BCUT2D eigenvalue weighted by atomic mass is 10.1. The normalized spacial score (nSPS) is 12.9. The van der Waals surface area contributed by atoms with Crippen molar-refractivity contribution in [2.24, 2.45) is 5.73 Å². The molecule has 2 aromatic rings. The van der Waals surface area contributed by atoms with Crippen LogP contribution in [0.5, 0.6) is 0 Å². The number of fused-ring (bicyclic) bond motifs is 1. The third-order valence-electron chi connectivity index (χ3n) is 2.45. The van der Waals surface area contributed by atoms with E-state index < -0.39 is 5.82 Å². The molecule has 1 unspecified atom stereocenters. The Balaban J connectivity index is 2.63. The van der Waals surface area contributed by atoms with E-state index in [2.05, 4.69) is 4.98 Å². The molecule has 0 spiro atoms. The van der Waals surface area contributed by atoms with Gasteiger partial charge in [-0.15, -0.1) is 0 Å². The van der Waals surface area contributed by atoms with Gasteiger partial charge in [0.25, 0.3) is 5.56 Å². The lowest BCUT2D eigenvalue weighted by molar-refractivity contribution is 0.636. The van der Waals surface area contributed by atoms with Gasteiger partial charge in [0.05, 0.1) is 5.52 Å². The van der Waals surface area contributed by atoms with Crippen LogP contribution in [0.25, 0.3) is 10.9 Å². The number of nitrogens with two attached hydrogens (primary N) is 1. The van der Waals surface area contributed by atoms with E-state index in [4.69, 9.17) is 5.73 Å². The van der Waals surface area contributed by atoms with Crippen LogP contribution in [-0.2, 0) is 6.42 Å². The quantitative estimate of drug-likeness (QED) is 0.806. The summed E-state index contributed by atoms with van der Waals surface area (Å²) in [5.74, 6) is -0.415. The Morgan fingerprint density at radius 1 is 1.50 bits per heavy atom. The fraction of sp³-hybridized carbons (Fsp3) is 0.250. The number of hydrogen-bond donors (Lipinski definition) is 2. The summed E-state index contributed by atoms with van der Waals surface area (Å²) in [6.07, 6.45) is 0.488. The average Bonchev–Trinajstić information content (AvgIpc) is 2.20. The smallest absolute Gasteiger partial charge is 0.251 e. The molecule has 1 aromatic heterocycles. The summed E-state index contributed by atoms with van der Waals surface area (Å²) in [5.41, 5.74) is 6.21. The van der Waals surface area contributed by atoms with Gasteiger partial charge in [0.1, 0.15) is 5.82 Å². The molecule has 0 aliphatic carbocycles. The maximum Gasteiger partial charge on any atom is 0.251 e. The van der Waals surface area contributed by atoms with Crippen LogP contribution in [0, 0.1) is 5.82 Å². The summed E-state index contributed by atoms with van der Waals surface area (Å²) in [6.45, 7) is 1.83. The van der Waals surface area contributed by atoms with Crippen LogP contribution in [0.4, 0.5) is 4.39 Å². The first-order valence-corrected chi connectivity index (χ1v) is 5.14. The summed E-state index contributed by atoms with van der Waals surface area (Å²) in [4.78, 5) is 14.2. The Hall–Kier alpha value is -1.68. The third kappa shape index (κ3) is 1.97. The lowest BCUT2D eigenvalue weighted by Crippen LogP contribution is -2.23. The topological polar surface area (TPSA) is 58.9 Å². The van der Waals surface area contributed by atoms with Gasteiger partial charge in [0.15, 0.2) is 0 Å². The molecule has 0 fully saturated rings. The molecular formula is C12H13FN2O. The molecular weight excluding hydrogens is 207 g/mol. The molecule has 0 saturated heterocycles. The lowest BCUT2D eigenvalue weighted by Gasteiger charge is -2.06. The molecule has 0 saturated carbocycles. The molecule has 0 radical (unpaired) electrons. The van der Waals surface area contributed by atoms with E-state index in [0.717, 1.165) is 0 Å². The number of rotatable bonds is 2. The first-order chi connectivity index (χ1) is 7.58. The van der Waals surface area contributed by atoms with Crippen LogP contribution in [0.15, 0.2) is 29.1 Å². The predicted molar refractivity (Wildman–Crippen MR) is 61.9 cm³/mol. The van der Waals surface area contributed by atoms with Crippen molar-refractivity contribution in [2.75, 3.05) is 0 Å². The van der Waals surface area contributed by atoms with Gasteiger partial charge in [-0.1, -0.05) is 12.1 Å². The third-order valence-corrected chi connectivity index (χ3v) is 2.45. The number of aromatic amines is 1. The zero-order chi connectivity index (χ0) is 11.7. The monoisotopic (exact) mass is 220 g/mol. The van der Waals surface area contributed by atoms with E-state index in [0.29, 0.717) is 17.4 Å². The molecule has 1 atom stereocenters. The Morgan fingerprint density at radius 3 is 2.94 bits per heavy atom. The molecule has 84 valence electrons. The van der Waals surface area contributed by atoms with Gasteiger partial charge in [0, 0.05) is 17.0 Å². The Morgan fingerprint density at radius 2 is 2.25 bits per heavy atom. The van der Waals surface area contributed by atoms with Crippen LogP contribution in [0.2, 0.25) is 0 Å². The second-order valence-electron chi connectivity index (χ2n) is 4.01. The van der Waals surface area contributed by atoms with Crippen molar-refractivity contribution in [3.63, 3.8) is 0 Å². The number of halogens is 1. The van der Waals surface area contributed by atoms with Crippen molar-refractivity contribution in [3.8, 4) is 0 Å². The van der Waals surface area contributed by atoms with Gasteiger partial charge in [-0.3, -0.25) is 4.79 Å². The maximum absolute atomic E-state index is 13.4. The number of pyridine rings is 1. The molecule has 3 N–H and O–H groups in total. The first kappa shape index (κ1) is 10.8. The molecule has 0 aliphatic heterocycles. The second-order valence-corrected chi connectivity index (χ2v) is 4.01. The van der Waals surface area contributed by atoms with Gasteiger partial charge in [-0.25, -0.2) is 4.39 Å². The van der Waals surface area contributed by atoms with Gasteiger partial charge in [0.2, 0.25) is 0 Å². The molecule has 4 heteroatoms. The minimum Gasteiger partial charge on any atom is -0.328 e. The molecule has 0 amide bonds. The maximum atomic E-state index is 13.4. The highest BCUT2D eigenvalue weighted by Gasteiger charge is 2.07. The van der Waals surface area contributed by atoms with Gasteiger partial charge in [-0.2, -0.15) is 0 Å². The summed E-state index contributed by atoms with van der Waals surface area (Å²) >= 11 is 0. The van der Waals surface area contributed by atoms with Crippen molar-refractivity contribution in [1.29, 1.82) is 0 Å². The number of hydrogen-bond acceptors (Lipinski definition) is 2. The highest BCUT2D eigenvalue weighted by Crippen LogP contribution is 2.14. The SMILES string of the molecule is CC(N)Cc1cc2cccc(F)c2[nH]c1=O. The number of para-hydroxylation sites is 1.